The highest BCUT2D eigenvalue weighted by Crippen LogP contribution is 2.46. The normalized spacial score (nSPS) is 20.4. The van der Waals surface area contributed by atoms with Crippen LogP contribution in [0, 0.1) is 10.8 Å². The van der Waals surface area contributed by atoms with Crippen LogP contribution in [0.1, 0.15) is 85.1 Å². The van der Waals surface area contributed by atoms with Crippen molar-refractivity contribution in [3.63, 3.8) is 0 Å². The molecule has 208 valence electrons. The summed E-state index contributed by atoms with van der Waals surface area (Å²) < 4.78 is 11.5. The van der Waals surface area contributed by atoms with Gasteiger partial charge in [0.2, 0.25) is 0 Å². The van der Waals surface area contributed by atoms with Gasteiger partial charge in [-0.2, -0.15) is 0 Å². The topological polar surface area (TPSA) is 67.9 Å². The fraction of sp³-hybridized carbons (Fsp3) is 0.562. The lowest BCUT2D eigenvalue weighted by molar-refractivity contribution is 0.0394. The third kappa shape index (κ3) is 9.07. The van der Waals surface area contributed by atoms with Crippen LogP contribution in [0.2, 0.25) is 0 Å². The molecule has 2 unspecified atom stereocenters. The van der Waals surface area contributed by atoms with Crippen molar-refractivity contribution in [1.29, 1.82) is 0 Å². The molecule has 0 bridgehead atoms. The van der Waals surface area contributed by atoms with E-state index in [1.54, 1.807) is 12.1 Å². The summed E-state index contributed by atoms with van der Waals surface area (Å²) in [6.07, 6.45) is 6.79. The molecule has 6 nitrogen and oxygen atoms in total. The highest BCUT2D eigenvalue weighted by Gasteiger charge is 2.43. The van der Waals surface area contributed by atoms with E-state index in [1.807, 2.05) is 47.4 Å². The Kier molecular flexibility index (Phi) is 10.6. The zero-order valence-electron chi connectivity index (χ0n) is 23.9. The molecule has 2 atom stereocenters. The maximum absolute atomic E-state index is 13.2. The average Bonchev–Trinajstić information content (AvgIpc) is 2.85. The van der Waals surface area contributed by atoms with Gasteiger partial charge in [-0.05, 0) is 73.1 Å². The van der Waals surface area contributed by atoms with Crippen molar-refractivity contribution >= 4 is 12.2 Å². The van der Waals surface area contributed by atoms with E-state index >= 15 is 0 Å². The molecule has 0 heterocycles. The third-order valence-corrected chi connectivity index (χ3v) is 7.30. The van der Waals surface area contributed by atoms with E-state index < -0.39 is 6.09 Å². The van der Waals surface area contributed by atoms with Crippen molar-refractivity contribution in [3.8, 4) is 11.5 Å². The smallest absolute Gasteiger partial charge is 0.410 e. The van der Waals surface area contributed by atoms with Gasteiger partial charge in [0, 0.05) is 19.1 Å². The van der Waals surface area contributed by atoms with Crippen LogP contribution >= 0.6 is 0 Å². The van der Waals surface area contributed by atoms with Crippen LogP contribution in [0.4, 0.5) is 9.59 Å². The summed E-state index contributed by atoms with van der Waals surface area (Å²) in [5.41, 5.74) is 0.883. The lowest BCUT2D eigenvalue weighted by atomic mass is 9.62. The van der Waals surface area contributed by atoms with Crippen molar-refractivity contribution < 1.29 is 19.1 Å². The summed E-state index contributed by atoms with van der Waals surface area (Å²) in [5.74, 6) is 1.18. The molecule has 0 saturated heterocycles. The van der Waals surface area contributed by atoms with Crippen molar-refractivity contribution in [2.75, 3.05) is 13.1 Å². The van der Waals surface area contributed by atoms with Gasteiger partial charge in [0.25, 0.3) is 0 Å². The van der Waals surface area contributed by atoms with Crippen molar-refractivity contribution in [2.24, 2.45) is 10.8 Å². The molecule has 0 spiro atoms. The summed E-state index contributed by atoms with van der Waals surface area (Å²) in [6.45, 7) is 12.2. The number of para-hydroxylation sites is 2. The molecule has 1 saturated carbocycles. The van der Waals surface area contributed by atoms with E-state index in [2.05, 4.69) is 39.9 Å². The lowest BCUT2D eigenvalue weighted by Gasteiger charge is -2.48. The van der Waals surface area contributed by atoms with Gasteiger partial charge in [-0.3, -0.25) is 0 Å². The fourth-order valence-electron chi connectivity index (χ4n) is 6.03. The molecule has 2 aromatic carbocycles. The summed E-state index contributed by atoms with van der Waals surface area (Å²) in [4.78, 5) is 28.0. The predicted molar refractivity (Wildman–Crippen MR) is 153 cm³/mol. The average molecular weight is 523 g/mol. The second-order valence-corrected chi connectivity index (χ2v) is 12.0. The second kappa shape index (κ2) is 13.7. The number of nitrogens with zero attached hydrogens (tertiary/aromatic N) is 1. The largest absolute Gasteiger partial charge is 0.415 e. The Labute approximate surface area is 229 Å². The first-order valence-electron chi connectivity index (χ1n) is 14.2. The van der Waals surface area contributed by atoms with E-state index in [9.17, 15) is 9.59 Å². The standard InChI is InChI=1S/C32H46N2O4/c1-6-8-15-25-16-13-14-19-28(25)38-29(35)33-26-21-31(3,4)23-32(5,22-26)24-34(20-9-7-2)30(36)37-27-17-11-10-12-18-27/h10-14,16-19,26H,6-9,15,20-24H2,1-5H3,(H,33,35). The zero-order valence-corrected chi connectivity index (χ0v) is 23.9. The molecule has 0 aromatic heterocycles. The Morgan fingerprint density at radius 2 is 1.61 bits per heavy atom. The Morgan fingerprint density at radius 1 is 0.921 bits per heavy atom. The van der Waals surface area contributed by atoms with E-state index in [1.165, 1.54) is 0 Å². The molecule has 1 aliphatic carbocycles. The first kappa shape index (κ1) is 29.5. The van der Waals surface area contributed by atoms with Gasteiger partial charge in [-0.1, -0.05) is 83.9 Å². The number of hydrogen-bond donors (Lipinski definition) is 1. The molecule has 0 aliphatic heterocycles. The molecular formula is C32H46N2O4. The SMILES string of the molecule is CCCCc1ccccc1OC(=O)NC1CC(C)(C)CC(C)(CN(CCCC)C(=O)Oc2ccccc2)C1. The molecule has 1 fully saturated rings. The van der Waals surface area contributed by atoms with Crippen LogP contribution in [0.25, 0.3) is 0 Å². The fourth-order valence-corrected chi connectivity index (χ4v) is 6.03. The summed E-state index contributed by atoms with van der Waals surface area (Å²) in [7, 11) is 0. The molecule has 1 aliphatic rings. The summed E-state index contributed by atoms with van der Waals surface area (Å²) >= 11 is 0. The van der Waals surface area contributed by atoms with Gasteiger partial charge in [0.05, 0.1) is 0 Å². The monoisotopic (exact) mass is 522 g/mol. The van der Waals surface area contributed by atoms with Gasteiger partial charge in [-0.25, -0.2) is 9.59 Å². The van der Waals surface area contributed by atoms with E-state index in [0.29, 0.717) is 24.6 Å². The van der Waals surface area contributed by atoms with Gasteiger partial charge in [-0.15, -0.1) is 0 Å². The van der Waals surface area contributed by atoms with Crippen molar-refractivity contribution in [3.05, 3.63) is 60.2 Å². The van der Waals surface area contributed by atoms with Crippen LogP contribution in [0.5, 0.6) is 11.5 Å². The molecule has 2 aromatic rings. The van der Waals surface area contributed by atoms with Gasteiger partial charge in [0.1, 0.15) is 11.5 Å². The van der Waals surface area contributed by atoms with Gasteiger partial charge in [0.15, 0.2) is 0 Å². The molecule has 0 radical (unpaired) electrons. The minimum absolute atomic E-state index is 0.00371. The Hall–Kier alpha value is -3.02. The highest BCUT2D eigenvalue weighted by atomic mass is 16.6. The minimum atomic E-state index is -0.412. The number of rotatable bonds is 11. The molecule has 38 heavy (non-hydrogen) atoms. The van der Waals surface area contributed by atoms with Crippen LogP contribution in [0.15, 0.2) is 54.6 Å². The van der Waals surface area contributed by atoms with E-state index in [0.717, 1.165) is 56.9 Å². The number of ether oxygens (including phenoxy) is 2. The predicted octanol–water partition coefficient (Wildman–Crippen LogP) is 8.00. The number of amides is 2. The lowest BCUT2D eigenvalue weighted by Crippen LogP contribution is -2.52. The maximum Gasteiger partial charge on any atom is 0.415 e. The Morgan fingerprint density at radius 3 is 2.32 bits per heavy atom. The van der Waals surface area contributed by atoms with Gasteiger partial charge >= 0.3 is 12.2 Å². The zero-order chi connectivity index (χ0) is 27.6. The van der Waals surface area contributed by atoms with Crippen LogP contribution < -0.4 is 14.8 Å². The van der Waals surface area contributed by atoms with E-state index in [-0.39, 0.29) is 23.0 Å². The van der Waals surface area contributed by atoms with Crippen LogP contribution in [-0.2, 0) is 6.42 Å². The van der Waals surface area contributed by atoms with Crippen molar-refractivity contribution in [1.82, 2.24) is 10.2 Å². The van der Waals surface area contributed by atoms with Gasteiger partial charge < -0.3 is 19.7 Å². The molecular weight excluding hydrogens is 476 g/mol. The molecule has 3 rings (SSSR count). The number of hydrogen-bond acceptors (Lipinski definition) is 4. The second-order valence-electron chi connectivity index (χ2n) is 12.0. The summed E-state index contributed by atoms with van der Waals surface area (Å²) in [5, 5.41) is 3.15. The van der Waals surface area contributed by atoms with Crippen molar-refractivity contribution in [2.45, 2.75) is 92.0 Å². The summed E-state index contributed by atoms with van der Waals surface area (Å²) in [6, 6.07) is 17.0. The quantitative estimate of drug-likeness (QED) is 0.325. The van der Waals surface area contributed by atoms with E-state index in [4.69, 9.17) is 9.47 Å². The minimum Gasteiger partial charge on any atom is -0.410 e. The molecule has 1 N–H and O–H groups in total. The number of aryl methyl sites for hydroxylation is 1. The molecule has 6 heteroatoms. The number of carbonyl (C=O) groups excluding carboxylic acids is 2. The third-order valence-electron chi connectivity index (χ3n) is 7.30. The maximum atomic E-state index is 13.2. The Bertz CT molecular complexity index is 1040. The number of benzene rings is 2. The highest BCUT2D eigenvalue weighted by molar-refractivity contribution is 5.71. The van der Waals surface area contributed by atoms with Crippen LogP contribution in [0.3, 0.4) is 0 Å². The first-order chi connectivity index (χ1) is 18.1. The number of unbranched alkanes of at least 4 members (excludes halogenated alkanes) is 2. The number of nitrogens with one attached hydrogen (secondary N) is 1. The first-order valence-corrected chi connectivity index (χ1v) is 14.2. The molecule has 2 amide bonds. The van der Waals surface area contributed by atoms with Crippen LogP contribution in [-0.4, -0.2) is 36.2 Å². The number of carbonyl (C=O) groups is 2. The Balaban J connectivity index is 1.69.